The topological polar surface area (TPSA) is 12.0 Å². The minimum atomic E-state index is -0.281. The lowest BCUT2D eigenvalue weighted by atomic mass is 10.2. The number of nitrogens with one attached hydrogen (secondary N) is 1. The Kier molecular flexibility index (Phi) is 6.46. The summed E-state index contributed by atoms with van der Waals surface area (Å²) >= 11 is 0. The second-order valence-electron chi connectivity index (χ2n) is 2.92. The van der Waals surface area contributed by atoms with Crippen LogP contribution in [0.4, 0.5) is 4.39 Å². The van der Waals surface area contributed by atoms with Gasteiger partial charge < -0.3 is 5.32 Å². The summed E-state index contributed by atoms with van der Waals surface area (Å²) in [5.41, 5.74) is 1.55. The zero-order chi connectivity index (χ0) is 11.0. The van der Waals surface area contributed by atoms with E-state index in [2.05, 4.69) is 25.1 Å². The van der Waals surface area contributed by atoms with E-state index in [-0.39, 0.29) is 5.83 Å². The number of allylic oxidation sites excluding steroid dienone is 4. The first-order chi connectivity index (χ1) is 6.65. The van der Waals surface area contributed by atoms with E-state index in [1.165, 1.54) is 6.08 Å². The minimum absolute atomic E-state index is 0.281. The lowest BCUT2D eigenvalue weighted by Gasteiger charge is -2.09. The van der Waals surface area contributed by atoms with E-state index in [0.29, 0.717) is 18.7 Å². The minimum Gasteiger partial charge on any atom is -0.386 e. The van der Waals surface area contributed by atoms with Gasteiger partial charge >= 0.3 is 0 Å². The van der Waals surface area contributed by atoms with Crippen LogP contribution in [-0.2, 0) is 0 Å². The molecule has 0 aromatic heterocycles. The van der Waals surface area contributed by atoms with Gasteiger partial charge in [0, 0.05) is 12.2 Å². The van der Waals surface area contributed by atoms with E-state index in [4.69, 9.17) is 0 Å². The van der Waals surface area contributed by atoms with Crippen LogP contribution in [0, 0.1) is 0 Å². The molecule has 0 saturated carbocycles. The molecule has 0 fully saturated rings. The number of hydrogen-bond acceptors (Lipinski definition) is 1. The fourth-order valence-electron chi connectivity index (χ4n) is 0.978. The Morgan fingerprint density at radius 1 is 1.36 bits per heavy atom. The van der Waals surface area contributed by atoms with Crippen LogP contribution >= 0.6 is 0 Å². The van der Waals surface area contributed by atoms with Gasteiger partial charge in [0.1, 0.15) is 5.83 Å². The third-order valence-electron chi connectivity index (χ3n) is 1.89. The van der Waals surface area contributed by atoms with E-state index < -0.39 is 0 Å². The second-order valence-corrected chi connectivity index (χ2v) is 2.92. The highest BCUT2D eigenvalue weighted by Gasteiger charge is 1.99. The van der Waals surface area contributed by atoms with Gasteiger partial charge in [-0.3, -0.25) is 0 Å². The Labute approximate surface area is 85.7 Å². The lowest BCUT2D eigenvalue weighted by Crippen LogP contribution is -2.15. The molecule has 78 valence electrons. The first kappa shape index (κ1) is 12.7. The summed E-state index contributed by atoms with van der Waals surface area (Å²) in [5.74, 6) is -0.281. The number of halogens is 1. The molecule has 0 radical (unpaired) electrons. The molecule has 0 aliphatic rings. The molecular formula is C12H18FN. The molecule has 1 N–H and O–H groups in total. The molecule has 0 spiro atoms. The van der Waals surface area contributed by atoms with Gasteiger partial charge in [-0.25, -0.2) is 4.39 Å². The van der Waals surface area contributed by atoms with Crippen LogP contribution < -0.4 is 5.32 Å². The summed E-state index contributed by atoms with van der Waals surface area (Å²) < 4.78 is 13.1. The van der Waals surface area contributed by atoms with Crippen molar-refractivity contribution in [2.45, 2.75) is 19.8 Å². The van der Waals surface area contributed by atoms with E-state index in [1.807, 2.05) is 6.92 Å². The van der Waals surface area contributed by atoms with Crippen molar-refractivity contribution in [2.24, 2.45) is 0 Å². The molecule has 0 aliphatic carbocycles. The van der Waals surface area contributed by atoms with Crippen molar-refractivity contribution in [2.75, 3.05) is 6.54 Å². The van der Waals surface area contributed by atoms with Gasteiger partial charge in [0.15, 0.2) is 0 Å². The van der Waals surface area contributed by atoms with Crippen LogP contribution in [0.1, 0.15) is 19.8 Å². The molecule has 0 aromatic rings. The van der Waals surface area contributed by atoms with Gasteiger partial charge in [-0.05, 0) is 18.9 Å². The fraction of sp³-hybridized carbons (Fsp3) is 0.333. The summed E-state index contributed by atoms with van der Waals surface area (Å²) in [5, 5.41) is 3.01. The van der Waals surface area contributed by atoms with Crippen LogP contribution in [0.2, 0.25) is 0 Å². The van der Waals surface area contributed by atoms with Crippen molar-refractivity contribution in [1.29, 1.82) is 0 Å². The number of hydrogen-bond donors (Lipinski definition) is 1. The largest absolute Gasteiger partial charge is 0.386 e. The average Bonchev–Trinajstić information content (AvgIpc) is 2.22. The Bertz CT molecular complexity index is 251. The van der Waals surface area contributed by atoms with E-state index in [0.717, 1.165) is 12.0 Å². The quantitative estimate of drug-likeness (QED) is 0.613. The summed E-state index contributed by atoms with van der Waals surface area (Å²) in [7, 11) is 0. The lowest BCUT2D eigenvalue weighted by molar-refractivity contribution is 0.617. The van der Waals surface area contributed by atoms with Crippen molar-refractivity contribution >= 4 is 0 Å². The molecule has 0 saturated heterocycles. The zero-order valence-electron chi connectivity index (χ0n) is 8.78. The Hall–Kier alpha value is -1.31. The molecule has 0 bridgehead atoms. The fourth-order valence-corrected chi connectivity index (χ4v) is 0.978. The molecule has 0 amide bonds. The third-order valence-corrected chi connectivity index (χ3v) is 1.89. The van der Waals surface area contributed by atoms with Crippen molar-refractivity contribution in [3.8, 4) is 0 Å². The monoisotopic (exact) mass is 195 g/mol. The Morgan fingerprint density at radius 2 is 2.00 bits per heavy atom. The van der Waals surface area contributed by atoms with Crippen LogP contribution in [0.3, 0.4) is 0 Å². The van der Waals surface area contributed by atoms with Crippen molar-refractivity contribution in [3.05, 3.63) is 49.0 Å². The average molecular weight is 195 g/mol. The molecule has 1 nitrogen and oxygen atoms in total. The first-order valence-electron chi connectivity index (χ1n) is 4.70. The second kappa shape index (κ2) is 7.13. The van der Waals surface area contributed by atoms with Crippen LogP contribution in [0.25, 0.3) is 0 Å². The predicted molar refractivity (Wildman–Crippen MR) is 60.6 cm³/mol. The molecule has 0 aliphatic heterocycles. The standard InChI is InChI=1S/C12H18FN/c1-5-10(4)8-9-14-12(7-3)11(13)6-2/h5-6,14H,1-2,4,7-9H2,3H3/b12-11-. The van der Waals surface area contributed by atoms with E-state index >= 15 is 0 Å². The Balaban J connectivity index is 4.03. The molecule has 0 atom stereocenters. The molecule has 0 rings (SSSR count). The van der Waals surface area contributed by atoms with Gasteiger partial charge in [0.25, 0.3) is 0 Å². The summed E-state index contributed by atoms with van der Waals surface area (Å²) in [6.07, 6.45) is 4.34. The van der Waals surface area contributed by atoms with E-state index in [1.54, 1.807) is 6.08 Å². The maximum atomic E-state index is 13.1. The maximum Gasteiger partial charge on any atom is 0.141 e. The smallest absolute Gasteiger partial charge is 0.141 e. The predicted octanol–water partition coefficient (Wildman–Crippen LogP) is 3.49. The highest BCUT2D eigenvalue weighted by Crippen LogP contribution is 2.08. The first-order valence-corrected chi connectivity index (χ1v) is 4.70. The van der Waals surface area contributed by atoms with Gasteiger partial charge in [0.05, 0.1) is 0 Å². The Morgan fingerprint density at radius 3 is 2.43 bits per heavy atom. The van der Waals surface area contributed by atoms with Gasteiger partial charge in [0.2, 0.25) is 0 Å². The summed E-state index contributed by atoms with van der Waals surface area (Å²) in [4.78, 5) is 0. The summed E-state index contributed by atoms with van der Waals surface area (Å²) in [6, 6.07) is 0. The molecule has 0 unspecified atom stereocenters. The third kappa shape index (κ3) is 4.65. The van der Waals surface area contributed by atoms with Crippen LogP contribution in [0.5, 0.6) is 0 Å². The highest BCUT2D eigenvalue weighted by atomic mass is 19.1. The molecule has 14 heavy (non-hydrogen) atoms. The maximum absolute atomic E-state index is 13.1. The van der Waals surface area contributed by atoms with E-state index in [9.17, 15) is 4.39 Å². The SMILES string of the molecule is C=CC(=C)CCN/C(CC)=C(\F)C=C. The van der Waals surface area contributed by atoms with Crippen molar-refractivity contribution in [3.63, 3.8) is 0 Å². The summed E-state index contributed by atoms with van der Waals surface area (Å²) in [6.45, 7) is 13.3. The van der Waals surface area contributed by atoms with Crippen molar-refractivity contribution < 1.29 is 4.39 Å². The molecular weight excluding hydrogens is 177 g/mol. The molecule has 2 heteroatoms. The van der Waals surface area contributed by atoms with Crippen LogP contribution in [-0.4, -0.2) is 6.54 Å². The van der Waals surface area contributed by atoms with Gasteiger partial charge in [-0.2, -0.15) is 0 Å². The van der Waals surface area contributed by atoms with Crippen LogP contribution in [0.15, 0.2) is 49.0 Å². The highest BCUT2D eigenvalue weighted by molar-refractivity contribution is 5.17. The van der Waals surface area contributed by atoms with Gasteiger partial charge in [-0.1, -0.05) is 38.3 Å². The zero-order valence-corrected chi connectivity index (χ0v) is 8.78. The van der Waals surface area contributed by atoms with Gasteiger partial charge in [-0.15, -0.1) is 0 Å². The molecule has 0 aromatic carbocycles. The molecule has 0 heterocycles. The normalized spacial score (nSPS) is 11.6. The number of rotatable bonds is 7. The van der Waals surface area contributed by atoms with Crippen molar-refractivity contribution in [1.82, 2.24) is 5.32 Å².